The second kappa shape index (κ2) is 8.41. The molecule has 1 aliphatic heterocycles. The van der Waals surface area contributed by atoms with Crippen LogP contribution < -0.4 is 0 Å². The van der Waals surface area contributed by atoms with Crippen molar-refractivity contribution in [3.8, 4) is 0 Å². The molecule has 0 N–H and O–H groups in total. The van der Waals surface area contributed by atoms with E-state index in [1.165, 1.54) is 9.80 Å². The molecule has 1 aromatic rings. The first-order valence-corrected chi connectivity index (χ1v) is 9.08. The molecule has 0 saturated carbocycles. The fraction of sp³-hybridized carbons (Fsp3) is 0.550. The van der Waals surface area contributed by atoms with Crippen LogP contribution in [0.5, 0.6) is 0 Å². The molecule has 0 radical (unpaired) electrons. The van der Waals surface area contributed by atoms with Crippen molar-refractivity contribution in [3.05, 3.63) is 35.9 Å². The summed E-state index contributed by atoms with van der Waals surface area (Å²) in [6, 6.07) is 8.37. The van der Waals surface area contributed by atoms with Gasteiger partial charge >= 0.3 is 12.1 Å². The normalized spacial score (nSPS) is 20.0. The molecule has 0 aromatic heterocycles. The molecule has 2 unspecified atom stereocenters. The first-order valence-electron chi connectivity index (χ1n) is 9.08. The summed E-state index contributed by atoms with van der Waals surface area (Å²) in [5, 5.41) is 0. The minimum Gasteiger partial charge on any atom is -0.466 e. The van der Waals surface area contributed by atoms with Crippen molar-refractivity contribution in [2.75, 3.05) is 13.7 Å². The van der Waals surface area contributed by atoms with Crippen LogP contribution in [0.3, 0.4) is 0 Å². The van der Waals surface area contributed by atoms with Gasteiger partial charge in [0.2, 0.25) is 5.91 Å². The van der Waals surface area contributed by atoms with Crippen LogP contribution in [0, 0.1) is 5.41 Å². The van der Waals surface area contributed by atoms with E-state index in [1.54, 1.807) is 14.0 Å². The largest absolute Gasteiger partial charge is 0.466 e. The van der Waals surface area contributed by atoms with Gasteiger partial charge in [-0.3, -0.25) is 14.5 Å². The summed E-state index contributed by atoms with van der Waals surface area (Å²) < 4.78 is 10.4. The highest BCUT2D eigenvalue weighted by Crippen LogP contribution is 2.35. The number of esters is 1. The lowest BCUT2D eigenvalue weighted by Crippen LogP contribution is -2.51. The Hall–Kier alpha value is -2.57. The first kappa shape index (κ1) is 20.7. The lowest BCUT2D eigenvalue weighted by Gasteiger charge is -2.38. The number of ether oxygens (including phenoxy) is 2. The lowest BCUT2D eigenvalue weighted by atomic mass is 9.91. The number of amides is 2. The van der Waals surface area contributed by atoms with E-state index in [1.807, 2.05) is 51.1 Å². The Morgan fingerprint density at radius 1 is 1.11 bits per heavy atom. The number of benzene rings is 1. The fourth-order valence-electron chi connectivity index (χ4n) is 3.41. The predicted molar refractivity (Wildman–Crippen MR) is 99.5 cm³/mol. The lowest BCUT2D eigenvalue weighted by molar-refractivity contribution is -0.146. The molecule has 2 amide bonds. The molecule has 0 aliphatic carbocycles. The van der Waals surface area contributed by atoms with Crippen molar-refractivity contribution in [3.63, 3.8) is 0 Å². The van der Waals surface area contributed by atoms with Crippen molar-refractivity contribution in [2.45, 2.75) is 52.9 Å². The van der Waals surface area contributed by atoms with Gasteiger partial charge in [0, 0.05) is 12.5 Å². The highest BCUT2D eigenvalue weighted by Gasteiger charge is 2.52. The van der Waals surface area contributed by atoms with Crippen LogP contribution in [-0.4, -0.2) is 53.6 Å². The van der Waals surface area contributed by atoms with Gasteiger partial charge in [-0.15, -0.1) is 0 Å². The van der Waals surface area contributed by atoms with Crippen molar-refractivity contribution >= 4 is 18.0 Å². The molecule has 7 heteroatoms. The van der Waals surface area contributed by atoms with Crippen molar-refractivity contribution in [1.82, 2.24) is 9.80 Å². The highest BCUT2D eigenvalue weighted by molar-refractivity contribution is 5.92. The molecule has 0 bridgehead atoms. The smallest absolute Gasteiger partial charge is 0.412 e. The average Bonchev–Trinajstić information content (AvgIpc) is 2.85. The van der Waals surface area contributed by atoms with Gasteiger partial charge in [0.1, 0.15) is 18.8 Å². The number of likely N-dealkylation sites (N-methyl/N-ethyl adjacent to an activating group) is 1. The molecule has 1 aromatic carbocycles. The Morgan fingerprint density at radius 2 is 1.74 bits per heavy atom. The van der Waals surface area contributed by atoms with Gasteiger partial charge in [-0.05, 0) is 12.5 Å². The molecule has 1 heterocycles. The van der Waals surface area contributed by atoms with E-state index in [2.05, 4.69) is 0 Å². The minimum absolute atomic E-state index is 0.0943. The summed E-state index contributed by atoms with van der Waals surface area (Å²) in [6.45, 7) is 7.82. The molecule has 148 valence electrons. The van der Waals surface area contributed by atoms with Gasteiger partial charge in [0.25, 0.3) is 0 Å². The monoisotopic (exact) mass is 376 g/mol. The van der Waals surface area contributed by atoms with Gasteiger partial charge < -0.3 is 14.4 Å². The van der Waals surface area contributed by atoms with E-state index in [9.17, 15) is 14.4 Å². The van der Waals surface area contributed by atoms with E-state index in [4.69, 9.17) is 9.47 Å². The topological polar surface area (TPSA) is 76.2 Å². The molecule has 1 fully saturated rings. The second-order valence-electron chi connectivity index (χ2n) is 7.66. The number of rotatable bonds is 5. The average molecular weight is 376 g/mol. The van der Waals surface area contributed by atoms with Crippen LogP contribution in [0.25, 0.3) is 0 Å². The number of carbonyl (C=O) groups excluding carboxylic acids is 3. The first-order chi connectivity index (χ1) is 12.7. The van der Waals surface area contributed by atoms with Crippen molar-refractivity contribution in [2.24, 2.45) is 5.41 Å². The highest BCUT2D eigenvalue weighted by atomic mass is 16.6. The number of nitrogens with zero attached hydrogens (tertiary/aromatic N) is 2. The molecule has 1 saturated heterocycles. The third-order valence-electron chi connectivity index (χ3n) is 4.45. The summed E-state index contributed by atoms with van der Waals surface area (Å²) in [5.41, 5.74) is 0.429. The molecule has 1 aliphatic rings. The van der Waals surface area contributed by atoms with Crippen molar-refractivity contribution in [1.29, 1.82) is 0 Å². The van der Waals surface area contributed by atoms with E-state index < -0.39 is 29.7 Å². The molecule has 0 spiro atoms. The van der Waals surface area contributed by atoms with Gasteiger partial charge in [-0.1, -0.05) is 51.1 Å². The van der Waals surface area contributed by atoms with Crippen LogP contribution in [-0.2, 0) is 25.7 Å². The number of hydrogen-bond donors (Lipinski definition) is 0. The van der Waals surface area contributed by atoms with E-state index in [0.717, 1.165) is 5.56 Å². The zero-order valence-electron chi connectivity index (χ0n) is 16.6. The van der Waals surface area contributed by atoms with E-state index >= 15 is 0 Å². The maximum atomic E-state index is 12.9. The summed E-state index contributed by atoms with van der Waals surface area (Å²) >= 11 is 0. The van der Waals surface area contributed by atoms with Crippen molar-refractivity contribution < 1.29 is 23.9 Å². The van der Waals surface area contributed by atoms with Crippen LogP contribution in [0.1, 0.15) is 39.7 Å². The maximum Gasteiger partial charge on any atom is 0.412 e. The quantitative estimate of drug-likeness (QED) is 0.739. The predicted octanol–water partition coefficient (Wildman–Crippen LogP) is 2.79. The van der Waals surface area contributed by atoms with Crippen LogP contribution in [0.15, 0.2) is 30.3 Å². The Labute approximate surface area is 160 Å². The maximum absolute atomic E-state index is 12.9. The minimum atomic E-state index is -0.929. The molecule has 27 heavy (non-hydrogen) atoms. The Bertz CT molecular complexity index is 683. The summed E-state index contributed by atoms with van der Waals surface area (Å²) in [7, 11) is 1.64. The fourth-order valence-corrected chi connectivity index (χ4v) is 3.41. The summed E-state index contributed by atoms with van der Waals surface area (Å²) in [6.07, 6.45) is -1.33. The van der Waals surface area contributed by atoms with Gasteiger partial charge in [-0.25, -0.2) is 4.79 Å². The zero-order valence-corrected chi connectivity index (χ0v) is 16.6. The summed E-state index contributed by atoms with van der Waals surface area (Å²) in [4.78, 5) is 40.5. The molecular weight excluding hydrogens is 348 g/mol. The van der Waals surface area contributed by atoms with E-state index in [0.29, 0.717) is 0 Å². The summed E-state index contributed by atoms with van der Waals surface area (Å²) in [5.74, 6) is -0.806. The zero-order chi connectivity index (χ0) is 20.2. The Balaban J connectivity index is 2.24. The number of carbonyl (C=O) groups is 3. The number of hydrogen-bond acceptors (Lipinski definition) is 5. The van der Waals surface area contributed by atoms with Gasteiger partial charge in [0.05, 0.1) is 13.0 Å². The Kier molecular flexibility index (Phi) is 6.46. The molecule has 2 atom stereocenters. The molecular formula is C20H28N2O5. The Morgan fingerprint density at radius 3 is 2.30 bits per heavy atom. The molecule has 2 rings (SSSR count). The SMILES string of the molecule is CCOC(=O)CC1C(=O)N(C)C(C(C)(C)C)N1C(=O)OCc1ccccc1. The second-order valence-corrected chi connectivity index (χ2v) is 7.66. The van der Waals surface area contributed by atoms with Gasteiger partial charge in [0.15, 0.2) is 0 Å². The van der Waals surface area contributed by atoms with Crippen LogP contribution >= 0.6 is 0 Å². The van der Waals surface area contributed by atoms with E-state index in [-0.39, 0.29) is 25.5 Å². The van der Waals surface area contributed by atoms with Crippen LogP contribution in [0.2, 0.25) is 0 Å². The standard InChI is InChI=1S/C20H28N2O5/c1-6-26-16(23)12-15-17(24)21(5)18(20(2,3)4)22(15)19(25)27-13-14-10-8-7-9-11-14/h7-11,15,18H,6,12-13H2,1-5H3. The van der Waals surface area contributed by atoms with Gasteiger partial charge in [-0.2, -0.15) is 0 Å². The van der Waals surface area contributed by atoms with Crippen LogP contribution in [0.4, 0.5) is 4.79 Å². The molecule has 7 nitrogen and oxygen atoms in total. The third-order valence-corrected chi connectivity index (χ3v) is 4.45. The third kappa shape index (κ3) is 4.78.